The fraction of sp³-hybridized carbons (Fsp3) is 0.238. The monoisotopic (exact) mass is 364 g/mol. The third kappa shape index (κ3) is 4.47. The van der Waals surface area contributed by atoms with Crippen LogP contribution in [-0.2, 0) is 0 Å². The number of rotatable bonds is 6. The second kappa shape index (κ2) is 7.95. The van der Waals surface area contributed by atoms with Gasteiger partial charge in [-0.25, -0.2) is 9.97 Å². The second-order valence-corrected chi connectivity index (χ2v) is 6.32. The number of ether oxygens (including phenoxy) is 2. The SMILES string of the molecule is COc1ccc(OC)c(Nc2cc(Nc3ccc(C)cc3C)nc(C)n2)c1. The molecule has 0 atom stereocenters. The molecule has 140 valence electrons. The summed E-state index contributed by atoms with van der Waals surface area (Å²) in [5, 5.41) is 6.66. The van der Waals surface area contributed by atoms with Gasteiger partial charge in [0.2, 0.25) is 0 Å². The Kier molecular flexibility index (Phi) is 5.45. The lowest BCUT2D eigenvalue weighted by atomic mass is 10.1. The molecule has 0 fully saturated rings. The highest BCUT2D eigenvalue weighted by Crippen LogP contribution is 2.31. The highest BCUT2D eigenvalue weighted by atomic mass is 16.5. The maximum Gasteiger partial charge on any atom is 0.142 e. The largest absolute Gasteiger partial charge is 0.497 e. The van der Waals surface area contributed by atoms with Crippen molar-refractivity contribution < 1.29 is 9.47 Å². The van der Waals surface area contributed by atoms with Crippen LogP contribution in [0.3, 0.4) is 0 Å². The van der Waals surface area contributed by atoms with Crippen LogP contribution in [0.4, 0.5) is 23.0 Å². The number of methoxy groups -OCH3 is 2. The highest BCUT2D eigenvalue weighted by Gasteiger charge is 2.09. The van der Waals surface area contributed by atoms with E-state index in [0.717, 1.165) is 28.5 Å². The molecule has 3 rings (SSSR count). The van der Waals surface area contributed by atoms with Gasteiger partial charge in [-0.15, -0.1) is 0 Å². The van der Waals surface area contributed by atoms with Crippen LogP contribution in [0.5, 0.6) is 11.5 Å². The van der Waals surface area contributed by atoms with E-state index >= 15 is 0 Å². The van der Waals surface area contributed by atoms with Crippen molar-refractivity contribution in [2.24, 2.45) is 0 Å². The van der Waals surface area contributed by atoms with E-state index in [9.17, 15) is 0 Å². The molecule has 2 aromatic carbocycles. The van der Waals surface area contributed by atoms with Gasteiger partial charge in [-0.05, 0) is 44.5 Å². The summed E-state index contributed by atoms with van der Waals surface area (Å²) < 4.78 is 10.7. The molecule has 0 aliphatic heterocycles. The third-order valence-electron chi connectivity index (χ3n) is 4.15. The van der Waals surface area contributed by atoms with Crippen LogP contribution >= 0.6 is 0 Å². The predicted molar refractivity (Wildman–Crippen MR) is 109 cm³/mol. The average molecular weight is 364 g/mol. The number of hydrogen-bond acceptors (Lipinski definition) is 6. The molecule has 0 saturated heterocycles. The van der Waals surface area contributed by atoms with Crippen LogP contribution in [0.15, 0.2) is 42.5 Å². The molecule has 3 aromatic rings. The summed E-state index contributed by atoms with van der Waals surface area (Å²) in [4.78, 5) is 8.97. The van der Waals surface area contributed by atoms with Gasteiger partial charge < -0.3 is 20.1 Å². The number of anilines is 4. The Bertz CT molecular complexity index is 957. The van der Waals surface area contributed by atoms with Gasteiger partial charge >= 0.3 is 0 Å². The lowest BCUT2D eigenvalue weighted by molar-refractivity contribution is 0.405. The molecule has 0 bridgehead atoms. The van der Waals surface area contributed by atoms with E-state index in [1.165, 1.54) is 5.56 Å². The van der Waals surface area contributed by atoms with E-state index in [4.69, 9.17) is 9.47 Å². The van der Waals surface area contributed by atoms with Gasteiger partial charge in [0.25, 0.3) is 0 Å². The van der Waals surface area contributed by atoms with Crippen LogP contribution < -0.4 is 20.1 Å². The fourth-order valence-corrected chi connectivity index (χ4v) is 2.84. The van der Waals surface area contributed by atoms with Crippen molar-refractivity contribution in [2.75, 3.05) is 24.9 Å². The van der Waals surface area contributed by atoms with Crippen LogP contribution in [-0.4, -0.2) is 24.2 Å². The lowest BCUT2D eigenvalue weighted by Crippen LogP contribution is -2.03. The zero-order chi connectivity index (χ0) is 19.4. The molecule has 0 unspecified atom stereocenters. The third-order valence-corrected chi connectivity index (χ3v) is 4.15. The smallest absolute Gasteiger partial charge is 0.142 e. The highest BCUT2D eigenvalue weighted by molar-refractivity contribution is 5.69. The molecule has 0 saturated carbocycles. The molecule has 6 heteroatoms. The van der Waals surface area contributed by atoms with Crippen molar-refractivity contribution in [3.8, 4) is 11.5 Å². The van der Waals surface area contributed by atoms with Crippen LogP contribution in [0, 0.1) is 20.8 Å². The Balaban J connectivity index is 1.90. The maximum absolute atomic E-state index is 5.42. The molecule has 1 heterocycles. The predicted octanol–water partition coefficient (Wildman–Crippen LogP) is 4.91. The summed E-state index contributed by atoms with van der Waals surface area (Å²) in [6.07, 6.45) is 0. The topological polar surface area (TPSA) is 68.3 Å². The first kappa shape index (κ1) is 18.5. The molecule has 2 N–H and O–H groups in total. The number of nitrogens with zero attached hydrogens (tertiary/aromatic N) is 2. The first-order valence-corrected chi connectivity index (χ1v) is 8.67. The molecule has 0 aliphatic carbocycles. The summed E-state index contributed by atoms with van der Waals surface area (Å²) in [6.45, 7) is 6.01. The molecule has 27 heavy (non-hydrogen) atoms. The Morgan fingerprint density at radius 2 is 1.44 bits per heavy atom. The van der Waals surface area contributed by atoms with Gasteiger partial charge in [0.05, 0.1) is 19.9 Å². The number of benzene rings is 2. The van der Waals surface area contributed by atoms with E-state index in [1.54, 1.807) is 14.2 Å². The van der Waals surface area contributed by atoms with E-state index in [2.05, 4.69) is 52.6 Å². The molecule has 0 amide bonds. The van der Waals surface area contributed by atoms with Gasteiger partial charge in [0, 0.05) is 17.8 Å². The number of aromatic nitrogens is 2. The molecule has 0 spiro atoms. The number of aryl methyl sites for hydroxylation is 3. The van der Waals surface area contributed by atoms with Crippen molar-refractivity contribution in [3.05, 3.63) is 59.4 Å². The summed E-state index contributed by atoms with van der Waals surface area (Å²) in [5.41, 5.74) is 4.18. The normalized spacial score (nSPS) is 10.4. The molecule has 1 aromatic heterocycles. The zero-order valence-corrected chi connectivity index (χ0v) is 16.3. The summed E-state index contributed by atoms with van der Waals surface area (Å²) in [5.74, 6) is 3.49. The molecular weight excluding hydrogens is 340 g/mol. The van der Waals surface area contributed by atoms with E-state index in [0.29, 0.717) is 17.4 Å². The van der Waals surface area contributed by atoms with Crippen molar-refractivity contribution in [2.45, 2.75) is 20.8 Å². The summed E-state index contributed by atoms with van der Waals surface area (Å²) in [7, 11) is 3.26. The number of hydrogen-bond donors (Lipinski definition) is 2. The van der Waals surface area contributed by atoms with Crippen molar-refractivity contribution in [3.63, 3.8) is 0 Å². The standard InChI is InChI=1S/C21H24N4O2/c1-13-6-8-17(14(2)10-13)24-20-12-21(23-15(3)22-20)25-18-11-16(26-4)7-9-19(18)27-5/h6-12H,1-5H3,(H2,22,23,24,25). The zero-order valence-electron chi connectivity index (χ0n) is 16.3. The van der Waals surface area contributed by atoms with Gasteiger partial charge in [-0.3, -0.25) is 0 Å². The Hall–Kier alpha value is -3.28. The Labute approximate surface area is 159 Å². The minimum atomic E-state index is 0.661. The van der Waals surface area contributed by atoms with Crippen molar-refractivity contribution in [1.82, 2.24) is 9.97 Å². The van der Waals surface area contributed by atoms with Gasteiger partial charge in [0.15, 0.2) is 0 Å². The van der Waals surface area contributed by atoms with E-state index in [-0.39, 0.29) is 0 Å². The summed E-state index contributed by atoms with van der Waals surface area (Å²) >= 11 is 0. The maximum atomic E-state index is 5.42. The molecule has 0 radical (unpaired) electrons. The quantitative estimate of drug-likeness (QED) is 0.648. The average Bonchev–Trinajstić information content (AvgIpc) is 2.63. The van der Waals surface area contributed by atoms with E-state index in [1.807, 2.05) is 31.2 Å². The van der Waals surface area contributed by atoms with Crippen molar-refractivity contribution in [1.29, 1.82) is 0 Å². The first-order chi connectivity index (χ1) is 13.0. The van der Waals surface area contributed by atoms with Gasteiger partial charge in [-0.2, -0.15) is 0 Å². The second-order valence-electron chi connectivity index (χ2n) is 6.32. The minimum absolute atomic E-state index is 0.661. The summed E-state index contributed by atoms with van der Waals surface area (Å²) in [6, 6.07) is 13.7. The molecule has 6 nitrogen and oxygen atoms in total. The van der Waals surface area contributed by atoms with E-state index < -0.39 is 0 Å². The first-order valence-electron chi connectivity index (χ1n) is 8.67. The Morgan fingerprint density at radius 3 is 2.07 bits per heavy atom. The van der Waals surface area contributed by atoms with Crippen LogP contribution in [0.2, 0.25) is 0 Å². The number of nitrogens with one attached hydrogen (secondary N) is 2. The van der Waals surface area contributed by atoms with Crippen LogP contribution in [0.1, 0.15) is 17.0 Å². The molecular formula is C21H24N4O2. The minimum Gasteiger partial charge on any atom is -0.497 e. The fourth-order valence-electron chi connectivity index (χ4n) is 2.84. The van der Waals surface area contributed by atoms with Crippen LogP contribution in [0.25, 0.3) is 0 Å². The Morgan fingerprint density at radius 1 is 0.741 bits per heavy atom. The van der Waals surface area contributed by atoms with Gasteiger partial charge in [0.1, 0.15) is 29.0 Å². The lowest BCUT2D eigenvalue weighted by Gasteiger charge is -2.14. The van der Waals surface area contributed by atoms with Crippen molar-refractivity contribution >= 4 is 23.0 Å². The molecule has 0 aliphatic rings. The van der Waals surface area contributed by atoms with Gasteiger partial charge in [-0.1, -0.05) is 17.7 Å².